The van der Waals surface area contributed by atoms with Gasteiger partial charge >= 0.3 is 0 Å². The molecule has 12 heteroatoms. The number of unbranched alkanes of at least 4 members (excludes halogenated alkanes) is 18. The largest absolute Gasteiger partial charge is 0.240 e. The molecule has 4 aromatic heterocycles. The molecule has 0 spiro atoms. The number of rotatable bonds is 24. The Morgan fingerprint density at radius 3 is 1.15 bits per heavy atom. The molecule has 4 heterocycles. The Hall–Kier alpha value is -0.920. The van der Waals surface area contributed by atoms with Crippen molar-refractivity contribution in [3.05, 3.63) is 19.0 Å². The zero-order chi connectivity index (χ0) is 33.6. The lowest BCUT2D eigenvalue weighted by Gasteiger charge is -2.05. The van der Waals surface area contributed by atoms with Crippen LogP contribution in [0.25, 0.3) is 41.6 Å². The summed E-state index contributed by atoms with van der Waals surface area (Å²) in [7, 11) is 0. The third-order valence-electron chi connectivity index (χ3n) is 9.17. The molecule has 0 aliphatic heterocycles. The molecule has 1 aromatic carbocycles. The van der Waals surface area contributed by atoms with Gasteiger partial charge in [0.15, 0.2) is 0 Å². The van der Waals surface area contributed by atoms with Crippen molar-refractivity contribution in [2.24, 2.45) is 0 Å². The zero-order valence-corrected chi connectivity index (χ0v) is 35.1. The van der Waals surface area contributed by atoms with Gasteiger partial charge in [-0.05, 0) is 80.6 Å². The molecule has 0 N–H and O–H groups in total. The molecule has 0 aliphatic carbocycles. The third kappa shape index (κ3) is 10.6. The highest BCUT2D eigenvalue weighted by molar-refractivity contribution is 9.11. The number of aromatic nitrogens is 6. The van der Waals surface area contributed by atoms with E-state index in [-0.39, 0.29) is 0 Å². The molecule has 0 radical (unpaired) electrons. The molecule has 6 nitrogen and oxygen atoms in total. The molecular formula is C36H50Br2N6S4. The van der Waals surface area contributed by atoms with Crippen LogP contribution < -0.4 is 0 Å². The number of fused-ring (bicyclic) bond motifs is 2. The second kappa shape index (κ2) is 20.8. The van der Waals surface area contributed by atoms with E-state index >= 15 is 0 Å². The van der Waals surface area contributed by atoms with Gasteiger partial charge in [0.05, 0.1) is 39.5 Å². The minimum atomic E-state index is 0.878. The summed E-state index contributed by atoms with van der Waals surface area (Å²) in [5, 5.41) is 11.2. The number of halogens is 2. The maximum atomic E-state index is 5.15. The second-order valence-electron chi connectivity index (χ2n) is 13.0. The summed E-state index contributed by atoms with van der Waals surface area (Å²) in [5.41, 5.74) is 6.05. The summed E-state index contributed by atoms with van der Waals surface area (Å²) in [6.45, 7) is 4.56. The van der Waals surface area contributed by atoms with E-state index < -0.39 is 0 Å². The normalized spacial score (nSPS) is 11.9. The number of hydrogen-bond acceptors (Lipinski definition) is 10. The fourth-order valence-electron chi connectivity index (χ4n) is 6.40. The van der Waals surface area contributed by atoms with Crippen LogP contribution in [0.4, 0.5) is 0 Å². The van der Waals surface area contributed by atoms with Gasteiger partial charge in [0.2, 0.25) is 0 Å². The first-order valence-corrected chi connectivity index (χ1v) is 23.1. The molecule has 5 rings (SSSR count). The number of hydrogen-bond donors (Lipinski definition) is 0. The molecule has 0 saturated heterocycles. The lowest BCUT2D eigenvalue weighted by atomic mass is 10.1. The van der Waals surface area contributed by atoms with E-state index in [9.17, 15) is 0 Å². The Kier molecular flexibility index (Phi) is 16.6. The molecule has 0 fully saturated rings. The van der Waals surface area contributed by atoms with Crippen LogP contribution in [0.1, 0.15) is 154 Å². The fourth-order valence-corrected chi connectivity index (χ4v) is 11.2. The first-order valence-electron chi connectivity index (χ1n) is 18.3. The van der Waals surface area contributed by atoms with E-state index in [1.165, 1.54) is 151 Å². The number of thiazole rings is 2. The van der Waals surface area contributed by atoms with Gasteiger partial charge in [-0.15, -0.1) is 32.9 Å². The summed E-state index contributed by atoms with van der Waals surface area (Å²) in [6.07, 6.45) is 28.7. The first kappa shape index (κ1) is 38.3. The lowest BCUT2D eigenvalue weighted by Crippen LogP contribution is -1.91. The Morgan fingerprint density at radius 1 is 0.458 bits per heavy atom. The van der Waals surface area contributed by atoms with Gasteiger partial charge in [-0.1, -0.05) is 138 Å². The van der Waals surface area contributed by atoms with Crippen molar-refractivity contribution in [1.29, 1.82) is 0 Å². The number of benzene rings is 1. The molecule has 0 saturated carbocycles. The fraction of sp³-hybridized carbons (Fsp3) is 0.667. The smallest absolute Gasteiger partial charge is 0.128 e. The van der Waals surface area contributed by atoms with Crippen molar-refractivity contribution < 1.29 is 0 Å². The van der Waals surface area contributed by atoms with Gasteiger partial charge in [0.25, 0.3) is 0 Å². The summed E-state index contributed by atoms with van der Waals surface area (Å²) in [6, 6.07) is 0. The van der Waals surface area contributed by atoms with E-state index in [2.05, 4.69) is 64.9 Å². The molecule has 262 valence electrons. The van der Waals surface area contributed by atoms with E-state index in [0.717, 1.165) is 73.4 Å². The van der Waals surface area contributed by atoms with E-state index in [4.69, 9.17) is 9.97 Å². The monoisotopic (exact) mass is 852 g/mol. The average molecular weight is 855 g/mol. The molecule has 0 amide bonds. The van der Waals surface area contributed by atoms with Crippen LogP contribution in [-0.4, -0.2) is 29.1 Å². The van der Waals surface area contributed by atoms with Crippen LogP contribution in [0.15, 0.2) is 7.57 Å². The molecule has 0 aliphatic rings. The summed E-state index contributed by atoms with van der Waals surface area (Å²) >= 11 is 13.9. The van der Waals surface area contributed by atoms with Crippen LogP contribution in [0.3, 0.4) is 0 Å². The van der Waals surface area contributed by atoms with Crippen molar-refractivity contribution in [3.63, 3.8) is 0 Å². The predicted molar refractivity (Wildman–Crippen MR) is 217 cm³/mol. The van der Waals surface area contributed by atoms with Crippen molar-refractivity contribution >= 4 is 98.0 Å². The topological polar surface area (TPSA) is 77.3 Å². The van der Waals surface area contributed by atoms with Crippen molar-refractivity contribution in [2.45, 2.75) is 155 Å². The Balaban J connectivity index is 1.21. The van der Waals surface area contributed by atoms with Gasteiger partial charge in [0.1, 0.15) is 21.0 Å². The van der Waals surface area contributed by atoms with Gasteiger partial charge in [0, 0.05) is 0 Å². The Bertz CT molecular complexity index is 1510. The minimum Gasteiger partial charge on any atom is -0.240 e. The standard InChI is InChI=1S/C36H50Br2N6S4/c1-3-5-7-9-11-13-15-17-19-21-23-25-33(37)45-35(39-25)27-29-32(48-43-41-29)28(30-31(27)47-44-42-30)36-40-26(34(38)46-36)24-22-20-18-16-14-12-10-8-6-4-2/h3-24H2,1-2H3. The maximum Gasteiger partial charge on any atom is 0.128 e. The summed E-state index contributed by atoms with van der Waals surface area (Å²) in [5.74, 6) is 0. The highest BCUT2D eigenvalue weighted by Crippen LogP contribution is 2.48. The van der Waals surface area contributed by atoms with Crippen LogP contribution in [0, 0.1) is 0 Å². The SMILES string of the molecule is CCCCCCCCCCCCc1nc(-c2c3nnsc3c(-c3nc(CCCCCCCCCCCC)c(Br)s3)c3nnsc23)sc1Br. The van der Waals surface area contributed by atoms with E-state index in [1.54, 1.807) is 22.7 Å². The van der Waals surface area contributed by atoms with Crippen LogP contribution >= 0.6 is 77.6 Å². The maximum absolute atomic E-state index is 5.15. The first-order chi connectivity index (χ1) is 23.6. The quantitative estimate of drug-likeness (QED) is 0.0576. The summed E-state index contributed by atoms with van der Waals surface area (Å²) in [4.78, 5) is 10.3. The van der Waals surface area contributed by atoms with Gasteiger partial charge < -0.3 is 0 Å². The third-order valence-corrected chi connectivity index (χ3v) is 14.3. The molecule has 5 aromatic rings. The highest BCUT2D eigenvalue weighted by Gasteiger charge is 2.27. The Labute approximate surface area is 320 Å². The predicted octanol–water partition coefficient (Wildman–Crippen LogP) is 14.4. The van der Waals surface area contributed by atoms with Gasteiger partial charge in [-0.3, -0.25) is 0 Å². The molecule has 0 unspecified atom stereocenters. The molecular weight excluding hydrogens is 805 g/mol. The molecule has 0 bridgehead atoms. The second-order valence-corrected chi connectivity index (χ2v) is 19.1. The average Bonchev–Trinajstić information content (AvgIpc) is 3.90. The van der Waals surface area contributed by atoms with E-state index in [1.807, 2.05) is 0 Å². The molecule has 48 heavy (non-hydrogen) atoms. The van der Waals surface area contributed by atoms with Crippen LogP contribution in [-0.2, 0) is 12.8 Å². The summed E-state index contributed by atoms with van der Waals surface area (Å²) < 4.78 is 13.1. The van der Waals surface area contributed by atoms with Gasteiger partial charge in [-0.25, -0.2) is 9.97 Å². The van der Waals surface area contributed by atoms with Gasteiger partial charge in [-0.2, -0.15) is 0 Å². The van der Waals surface area contributed by atoms with Crippen molar-refractivity contribution in [1.82, 2.24) is 29.1 Å². The van der Waals surface area contributed by atoms with Crippen molar-refractivity contribution in [3.8, 4) is 21.1 Å². The zero-order valence-electron chi connectivity index (χ0n) is 28.6. The minimum absolute atomic E-state index is 0.878. The van der Waals surface area contributed by atoms with Crippen LogP contribution in [0.2, 0.25) is 0 Å². The number of aryl methyl sites for hydroxylation is 2. The molecule has 0 atom stereocenters. The lowest BCUT2D eigenvalue weighted by molar-refractivity contribution is 0.555. The highest BCUT2D eigenvalue weighted by atomic mass is 79.9. The van der Waals surface area contributed by atoms with Crippen molar-refractivity contribution in [2.75, 3.05) is 0 Å². The van der Waals surface area contributed by atoms with E-state index in [0.29, 0.717) is 0 Å². The van der Waals surface area contributed by atoms with Crippen LogP contribution in [0.5, 0.6) is 0 Å². The number of nitrogens with zero attached hydrogens (tertiary/aromatic N) is 6. The Morgan fingerprint density at radius 2 is 0.792 bits per heavy atom.